The molecule has 0 aliphatic carbocycles. The van der Waals surface area contributed by atoms with Crippen LogP contribution in [0.5, 0.6) is 5.75 Å². The maximum Gasteiger partial charge on any atom is 0.214 e. The zero-order valence-electron chi connectivity index (χ0n) is 14.0. The molecule has 0 saturated heterocycles. The lowest BCUT2D eigenvalue weighted by Gasteiger charge is -2.04. The van der Waals surface area contributed by atoms with Crippen molar-refractivity contribution >= 4 is 5.78 Å². The van der Waals surface area contributed by atoms with E-state index >= 15 is 0 Å². The molecule has 120 valence electrons. The van der Waals surface area contributed by atoms with Crippen LogP contribution in [0.4, 0.5) is 0 Å². The fourth-order valence-electron chi connectivity index (χ4n) is 2.97. The minimum atomic E-state index is 0.838. The fourth-order valence-corrected chi connectivity index (χ4v) is 2.97. The number of methoxy groups -OCH3 is 1. The molecule has 2 aromatic carbocycles. The zero-order valence-corrected chi connectivity index (χ0v) is 14.0. The maximum absolute atomic E-state index is 5.30. The Morgan fingerprint density at radius 1 is 0.958 bits per heavy atom. The van der Waals surface area contributed by atoms with Crippen LogP contribution in [0, 0.1) is 6.92 Å². The summed E-state index contributed by atoms with van der Waals surface area (Å²) in [4.78, 5) is 4.79. The van der Waals surface area contributed by atoms with Crippen molar-refractivity contribution in [2.75, 3.05) is 7.11 Å². The summed E-state index contributed by atoms with van der Waals surface area (Å²) in [6, 6.07) is 16.5. The molecular formula is C20H19N3O. The number of rotatable bonds is 3. The largest absolute Gasteiger partial charge is 0.497 e. The average molecular weight is 317 g/mol. The summed E-state index contributed by atoms with van der Waals surface area (Å²) in [5.41, 5.74) is 5.59. The van der Waals surface area contributed by atoms with Gasteiger partial charge in [-0.3, -0.25) is 4.40 Å². The summed E-state index contributed by atoms with van der Waals surface area (Å²) in [6.07, 6.45) is 4.18. The van der Waals surface area contributed by atoms with Gasteiger partial charge >= 0.3 is 0 Å². The fraction of sp³-hybridized carbons (Fsp3) is 0.150. The molecule has 0 spiro atoms. The Kier molecular flexibility index (Phi) is 3.38. The molecule has 4 rings (SSSR count). The third-order valence-corrected chi connectivity index (χ3v) is 4.35. The first-order valence-corrected chi connectivity index (χ1v) is 7.91. The number of nitrogens with zero attached hydrogens (tertiary/aromatic N) is 3. The number of imidazole rings is 2. The van der Waals surface area contributed by atoms with Crippen LogP contribution in [0.1, 0.15) is 5.56 Å². The Labute approximate surface area is 141 Å². The molecule has 0 atom stereocenters. The predicted molar refractivity (Wildman–Crippen MR) is 96.3 cm³/mol. The normalized spacial score (nSPS) is 11.1. The molecule has 0 fully saturated rings. The summed E-state index contributed by atoms with van der Waals surface area (Å²) in [5, 5.41) is 0. The second-order valence-corrected chi connectivity index (χ2v) is 6.00. The van der Waals surface area contributed by atoms with E-state index in [-0.39, 0.29) is 0 Å². The molecule has 2 aromatic heterocycles. The number of aryl methyl sites for hydroxylation is 2. The van der Waals surface area contributed by atoms with E-state index in [1.165, 1.54) is 11.1 Å². The highest BCUT2D eigenvalue weighted by atomic mass is 16.5. The van der Waals surface area contributed by atoms with Gasteiger partial charge in [-0.2, -0.15) is 0 Å². The van der Waals surface area contributed by atoms with Gasteiger partial charge < -0.3 is 9.30 Å². The van der Waals surface area contributed by atoms with Gasteiger partial charge in [0.2, 0.25) is 5.78 Å². The van der Waals surface area contributed by atoms with E-state index in [1.54, 1.807) is 7.11 Å². The van der Waals surface area contributed by atoms with E-state index in [0.29, 0.717) is 0 Å². The van der Waals surface area contributed by atoms with Gasteiger partial charge in [-0.1, -0.05) is 42.0 Å². The van der Waals surface area contributed by atoms with Crippen molar-refractivity contribution in [3.8, 4) is 28.3 Å². The molecule has 2 heterocycles. The van der Waals surface area contributed by atoms with Gasteiger partial charge in [-0.25, -0.2) is 4.98 Å². The summed E-state index contributed by atoms with van der Waals surface area (Å²) in [5.74, 6) is 1.76. The van der Waals surface area contributed by atoms with Gasteiger partial charge in [0.1, 0.15) is 5.75 Å². The molecule has 0 N–H and O–H groups in total. The van der Waals surface area contributed by atoms with Crippen molar-refractivity contribution in [3.05, 3.63) is 66.5 Å². The van der Waals surface area contributed by atoms with Crippen molar-refractivity contribution < 1.29 is 4.74 Å². The molecule has 0 bridgehead atoms. The van der Waals surface area contributed by atoms with E-state index in [4.69, 9.17) is 9.72 Å². The number of ether oxygens (including phenoxy) is 1. The smallest absolute Gasteiger partial charge is 0.214 e. The number of aromatic nitrogens is 3. The number of fused-ring (bicyclic) bond motifs is 1. The SMILES string of the molecule is COc1cccc(-c2cn3cc(-c4ccc(C)cc4)n(C)c3n2)c1. The maximum atomic E-state index is 5.30. The van der Waals surface area contributed by atoms with Gasteiger partial charge in [0, 0.05) is 25.0 Å². The lowest BCUT2D eigenvalue weighted by Crippen LogP contribution is -1.92. The van der Waals surface area contributed by atoms with Crippen LogP contribution < -0.4 is 4.74 Å². The standard InChI is InChI=1S/C20H19N3O/c1-14-7-9-15(10-8-14)19-13-23-12-18(21-20(23)22(19)2)16-5-4-6-17(11-16)24-3/h4-13H,1-3H3. The quantitative estimate of drug-likeness (QED) is 0.563. The molecule has 4 aromatic rings. The van der Waals surface area contributed by atoms with Crippen molar-refractivity contribution in [3.63, 3.8) is 0 Å². The van der Waals surface area contributed by atoms with E-state index in [2.05, 4.69) is 52.6 Å². The highest BCUT2D eigenvalue weighted by Gasteiger charge is 2.12. The van der Waals surface area contributed by atoms with Gasteiger partial charge in [0.25, 0.3) is 0 Å². The molecule has 0 aliphatic rings. The van der Waals surface area contributed by atoms with E-state index in [1.807, 2.05) is 31.3 Å². The lowest BCUT2D eigenvalue weighted by atomic mass is 10.1. The van der Waals surface area contributed by atoms with E-state index in [0.717, 1.165) is 28.5 Å². The van der Waals surface area contributed by atoms with E-state index in [9.17, 15) is 0 Å². The van der Waals surface area contributed by atoms with Crippen molar-refractivity contribution in [1.29, 1.82) is 0 Å². The molecule has 0 saturated carbocycles. The Balaban J connectivity index is 1.79. The second-order valence-electron chi connectivity index (χ2n) is 6.00. The zero-order chi connectivity index (χ0) is 16.7. The average Bonchev–Trinajstić information content (AvgIpc) is 3.16. The number of benzene rings is 2. The third kappa shape index (κ3) is 2.36. The molecule has 0 radical (unpaired) electrons. The van der Waals surface area contributed by atoms with Crippen LogP contribution in [-0.2, 0) is 7.05 Å². The van der Waals surface area contributed by atoms with Crippen LogP contribution in [-0.4, -0.2) is 21.1 Å². The minimum absolute atomic E-state index is 0.838. The molecule has 0 amide bonds. The van der Waals surface area contributed by atoms with Gasteiger partial charge in [-0.15, -0.1) is 0 Å². The first kappa shape index (κ1) is 14.6. The molecule has 0 aliphatic heterocycles. The van der Waals surface area contributed by atoms with Gasteiger partial charge in [0.15, 0.2) is 0 Å². The Bertz CT molecular complexity index is 1010. The van der Waals surface area contributed by atoms with Crippen molar-refractivity contribution in [2.24, 2.45) is 7.05 Å². The van der Waals surface area contributed by atoms with E-state index < -0.39 is 0 Å². The van der Waals surface area contributed by atoms with Crippen LogP contribution in [0.3, 0.4) is 0 Å². The molecular weight excluding hydrogens is 298 g/mol. The monoisotopic (exact) mass is 317 g/mol. The second kappa shape index (κ2) is 5.57. The van der Waals surface area contributed by atoms with Crippen LogP contribution >= 0.6 is 0 Å². The van der Waals surface area contributed by atoms with Crippen LogP contribution in [0.2, 0.25) is 0 Å². The Hall–Kier alpha value is -3.01. The number of hydrogen-bond donors (Lipinski definition) is 0. The Morgan fingerprint density at radius 2 is 1.75 bits per heavy atom. The molecule has 0 unspecified atom stereocenters. The lowest BCUT2D eigenvalue weighted by molar-refractivity contribution is 0.415. The predicted octanol–water partition coefficient (Wildman–Crippen LogP) is 4.32. The topological polar surface area (TPSA) is 31.5 Å². The van der Waals surface area contributed by atoms with Crippen LogP contribution in [0.15, 0.2) is 60.9 Å². The third-order valence-electron chi connectivity index (χ3n) is 4.35. The number of hydrogen-bond acceptors (Lipinski definition) is 2. The van der Waals surface area contributed by atoms with Crippen LogP contribution in [0.25, 0.3) is 28.3 Å². The highest BCUT2D eigenvalue weighted by molar-refractivity contribution is 5.67. The van der Waals surface area contributed by atoms with Gasteiger partial charge in [0.05, 0.1) is 18.5 Å². The summed E-state index contributed by atoms with van der Waals surface area (Å²) in [7, 11) is 3.73. The van der Waals surface area contributed by atoms with Gasteiger partial charge in [-0.05, 0) is 24.6 Å². The molecule has 24 heavy (non-hydrogen) atoms. The minimum Gasteiger partial charge on any atom is -0.497 e. The summed E-state index contributed by atoms with van der Waals surface area (Å²) in [6.45, 7) is 2.10. The first-order chi connectivity index (χ1) is 11.7. The first-order valence-electron chi connectivity index (χ1n) is 7.91. The van der Waals surface area contributed by atoms with Crippen molar-refractivity contribution in [1.82, 2.24) is 14.0 Å². The van der Waals surface area contributed by atoms with Crippen molar-refractivity contribution in [2.45, 2.75) is 6.92 Å². The molecule has 4 heteroatoms. The Morgan fingerprint density at radius 3 is 2.46 bits per heavy atom. The molecule has 4 nitrogen and oxygen atoms in total. The summed E-state index contributed by atoms with van der Waals surface area (Å²) >= 11 is 0. The highest BCUT2D eigenvalue weighted by Crippen LogP contribution is 2.27. The summed E-state index contributed by atoms with van der Waals surface area (Å²) < 4.78 is 9.50.